The van der Waals surface area contributed by atoms with E-state index in [1.54, 1.807) is 0 Å². The molecule has 0 aliphatic carbocycles. The molecule has 0 aromatic heterocycles. The van der Waals surface area contributed by atoms with Crippen LogP contribution in [0.3, 0.4) is 0 Å². The Hall–Kier alpha value is -0.410. The Morgan fingerprint density at radius 3 is 2.56 bits per heavy atom. The van der Waals surface area contributed by atoms with E-state index in [1.165, 1.54) is 0 Å². The zero-order valence-electron chi connectivity index (χ0n) is 6.00. The average Bonchev–Trinajstić information content (AvgIpc) is 1.82. The summed E-state index contributed by atoms with van der Waals surface area (Å²) in [5, 5.41) is 0. The maximum absolute atomic E-state index is 9.86. The van der Waals surface area contributed by atoms with Crippen LogP contribution in [0.5, 0.6) is 0 Å². The maximum Gasteiger partial charge on any atom is 0.120 e. The molecule has 0 spiro atoms. The molecule has 9 heavy (non-hydrogen) atoms. The first-order valence-electron chi connectivity index (χ1n) is 3.04. The number of aldehydes is 1. The van der Waals surface area contributed by atoms with Gasteiger partial charge in [-0.25, -0.2) is 0 Å². The Morgan fingerprint density at radius 1 is 1.67 bits per heavy atom. The van der Waals surface area contributed by atoms with Gasteiger partial charge < -0.3 is 10.5 Å². The van der Waals surface area contributed by atoms with Gasteiger partial charge in [-0.15, -0.1) is 0 Å². The summed E-state index contributed by atoms with van der Waals surface area (Å²) in [6, 6.07) is 0. The third-order valence-electron chi connectivity index (χ3n) is 1.24. The van der Waals surface area contributed by atoms with Gasteiger partial charge in [0.15, 0.2) is 0 Å². The number of hydrogen-bond donors (Lipinski definition) is 1. The van der Waals surface area contributed by atoms with Gasteiger partial charge in [0.25, 0.3) is 0 Å². The van der Waals surface area contributed by atoms with E-state index in [0.29, 0.717) is 6.42 Å². The number of carbonyl (C=O) groups excluding carboxylic acids is 1. The molecule has 0 aliphatic rings. The zero-order valence-corrected chi connectivity index (χ0v) is 6.00. The highest BCUT2D eigenvalue weighted by molar-refractivity contribution is 5.49. The van der Waals surface area contributed by atoms with Crippen molar-refractivity contribution >= 4 is 6.29 Å². The molecule has 0 fully saturated rings. The highest BCUT2D eigenvalue weighted by Gasteiger charge is 2.01. The van der Waals surface area contributed by atoms with Gasteiger partial charge in [0.1, 0.15) is 6.29 Å². The van der Waals surface area contributed by atoms with Gasteiger partial charge in [0.05, 0.1) is 6.17 Å². The van der Waals surface area contributed by atoms with Crippen molar-refractivity contribution in [1.82, 2.24) is 4.90 Å². The van der Waals surface area contributed by atoms with Crippen molar-refractivity contribution in [3.8, 4) is 0 Å². The van der Waals surface area contributed by atoms with Crippen LogP contribution in [-0.2, 0) is 4.79 Å². The monoisotopic (exact) mass is 130 g/mol. The van der Waals surface area contributed by atoms with Crippen LogP contribution < -0.4 is 5.73 Å². The van der Waals surface area contributed by atoms with E-state index in [2.05, 4.69) is 0 Å². The highest BCUT2D eigenvalue weighted by Crippen LogP contribution is 1.92. The van der Waals surface area contributed by atoms with Crippen LogP contribution in [0.1, 0.15) is 12.8 Å². The van der Waals surface area contributed by atoms with Gasteiger partial charge >= 0.3 is 0 Å². The molecule has 1 unspecified atom stereocenters. The first-order valence-corrected chi connectivity index (χ1v) is 3.04. The number of carbonyl (C=O) groups is 1. The van der Waals surface area contributed by atoms with Crippen LogP contribution in [0, 0.1) is 0 Å². The second kappa shape index (κ2) is 4.47. The Labute approximate surface area is 55.8 Å². The molecule has 2 N–H and O–H groups in total. The van der Waals surface area contributed by atoms with Crippen molar-refractivity contribution < 1.29 is 4.79 Å². The number of nitrogens with zero attached hydrogens (tertiary/aromatic N) is 1. The second-order valence-electron chi connectivity index (χ2n) is 2.27. The lowest BCUT2D eigenvalue weighted by molar-refractivity contribution is -0.108. The molecule has 0 bridgehead atoms. The molecule has 0 heterocycles. The normalized spacial score (nSPS) is 13.8. The fourth-order valence-corrected chi connectivity index (χ4v) is 0.497. The lowest BCUT2D eigenvalue weighted by Gasteiger charge is -2.17. The van der Waals surface area contributed by atoms with Crippen LogP contribution in [0.25, 0.3) is 0 Å². The van der Waals surface area contributed by atoms with Crippen LogP contribution >= 0.6 is 0 Å². The molecule has 54 valence electrons. The highest BCUT2D eigenvalue weighted by atomic mass is 16.1. The van der Waals surface area contributed by atoms with E-state index in [4.69, 9.17) is 5.73 Å². The molecular weight excluding hydrogens is 116 g/mol. The van der Waals surface area contributed by atoms with Crippen LogP contribution in [-0.4, -0.2) is 31.4 Å². The third kappa shape index (κ3) is 4.12. The topological polar surface area (TPSA) is 46.3 Å². The standard InChI is InChI=1S/C6H14N2O/c1-8(2)6(7)4-3-5-9/h5-6H,3-4,7H2,1-2H3. The Bertz CT molecular complexity index is 83.1. The van der Waals surface area contributed by atoms with E-state index in [1.807, 2.05) is 19.0 Å². The SMILES string of the molecule is CN(C)C(N)CCC=O. The van der Waals surface area contributed by atoms with Gasteiger partial charge in [0, 0.05) is 6.42 Å². The fourth-order valence-electron chi connectivity index (χ4n) is 0.497. The molecular formula is C6H14N2O. The Morgan fingerprint density at radius 2 is 2.22 bits per heavy atom. The molecule has 0 amide bonds. The van der Waals surface area contributed by atoms with Crippen molar-refractivity contribution in [2.45, 2.75) is 19.0 Å². The molecule has 0 aliphatic heterocycles. The van der Waals surface area contributed by atoms with Crippen molar-refractivity contribution in [1.29, 1.82) is 0 Å². The molecule has 3 nitrogen and oxygen atoms in total. The second-order valence-corrected chi connectivity index (χ2v) is 2.27. The molecule has 1 atom stereocenters. The summed E-state index contributed by atoms with van der Waals surface area (Å²) in [6.45, 7) is 0. The Kier molecular flexibility index (Phi) is 4.26. The summed E-state index contributed by atoms with van der Waals surface area (Å²) in [4.78, 5) is 11.8. The van der Waals surface area contributed by atoms with Gasteiger partial charge in [0.2, 0.25) is 0 Å². The summed E-state index contributed by atoms with van der Waals surface area (Å²) in [5.74, 6) is 0. The predicted octanol–water partition coefficient (Wildman–Crippen LogP) is -0.188. The number of rotatable bonds is 4. The third-order valence-corrected chi connectivity index (χ3v) is 1.24. The van der Waals surface area contributed by atoms with Crippen molar-refractivity contribution in [2.24, 2.45) is 5.73 Å². The summed E-state index contributed by atoms with van der Waals surface area (Å²) in [6.07, 6.45) is 2.22. The van der Waals surface area contributed by atoms with Gasteiger partial charge in [-0.3, -0.25) is 4.90 Å². The van der Waals surface area contributed by atoms with Gasteiger partial charge in [-0.2, -0.15) is 0 Å². The number of hydrogen-bond acceptors (Lipinski definition) is 3. The lowest BCUT2D eigenvalue weighted by Crippen LogP contribution is -2.36. The van der Waals surface area contributed by atoms with E-state index in [0.717, 1.165) is 12.7 Å². The molecule has 3 heteroatoms. The van der Waals surface area contributed by atoms with Crippen LogP contribution in [0.4, 0.5) is 0 Å². The van der Waals surface area contributed by atoms with E-state index >= 15 is 0 Å². The van der Waals surface area contributed by atoms with Crippen molar-refractivity contribution in [3.05, 3.63) is 0 Å². The minimum absolute atomic E-state index is 0.0233. The summed E-state index contributed by atoms with van der Waals surface area (Å²) >= 11 is 0. The molecule has 0 radical (unpaired) electrons. The molecule has 0 aromatic rings. The quantitative estimate of drug-likeness (QED) is 0.424. The summed E-state index contributed by atoms with van der Waals surface area (Å²) < 4.78 is 0. The van der Waals surface area contributed by atoms with Crippen LogP contribution in [0.15, 0.2) is 0 Å². The van der Waals surface area contributed by atoms with E-state index in [9.17, 15) is 4.79 Å². The minimum atomic E-state index is 0.0233. The van der Waals surface area contributed by atoms with Gasteiger partial charge in [-0.05, 0) is 20.5 Å². The smallest absolute Gasteiger partial charge is 0.120 e. The minimum Gasteiger partial charge on any atom is -0.316 e. The summed E-state index contributed by atoms with van der Waals surface area (Å²) in [5.41, 5.74) is 5.57. The first-order chi connectivity index (χ1) is 4.18. The molecule has 0 rings (SSSR count). The zero-order chi connectivity index (χ0) is 7.28. The molecule has 0 aromatic carbocycles. The fraction of sp³-hybridized carbons (Fsp3) is 0.833. The average molecular weight is 130 g/mol. The molecule has 0 saturated heterocycles. The van der Waals surface area contributed by atoms with Gasteiger partial charge in [-0.1, -0.05) is 0 Å². The van der Waals surface area contributed by atoms with Crippen LogP contribution in [0.2, 0.25) is 0 Å². The van der Waals surface area contributed by atoms with E-state index in [-0.39, 0.29) is 6.17 Å². The lowest BCUT2D eigenvalue weighted by atomic mass is 10.3. The maximum atomic E-state index is 9.86. The number of nitrogens with two attached hydrogens (primary N) is 1. The summed E-state index contributed by atoms with van der Waals surface area (Å²) in [7, 11) is 3.80. The van der Waals surface area contributed by atoms with E-state index < -0.39 is 0 Å². The van der Waals surface area contributed by atoms with Crippen molar-refractivity contribution in [2.75, 3.05) is 14.1 Å². The Balaban J connectivity index is 3.26. The predicted molar refractivity (Wildman–Crippen MR) is 37.0 cm³/mol. The first kappa shape index (κ1) is 8.59. The largest absolute Gasteiger partial charge is 0.316 e. The van der Waals surface area contributed by atoms with Crippen molar-refractivity contribution in [3.63, 3.8) is 0 Å². The molecule has 0 saturated carbocycles.